The summed E-state index contributed by atoms with van der Waals surface area (Å²) in [5.74, 6) is 0.859. The third kappa shape index (κ3) is 4.59. The van der Waals surface area contributed by atoms with Gasteiger partial charge in [-0.25, -0.2) is 0 Å². The van der Waals surface area contributed by atoms with Gasteiger partial charge in [0.05, 0.1) is 11.4 Å². The standard InChI is InChI=1S/C24H23BrN2O2S2/c1-4-27-23(28)22(31-24(27)30)12-17-14-26(21-8-6-18(25)13-20(17)21)9-10-29-19-7-5-15(2)16(3)11-19/h5-8,11-14H,4,9-10H2,1-3H3/b22-12-. The highest BCUT2D eigenvalue weighted by Gasteiger charge is 2.30. The normalized spacial score (nSPS) is 15.5. The zero-order valence-corrected chi connectivity index (χ0v) is 20.9. The molecule has 1 amide bonds. The van der Waals surface area contributed by atoms with Crippen molar-refractivity contribution in [3.8, 4) is 5.75 Å². The molecule has 4 rings (SSSR count). The van der Waals surface area contributed by atoms with E-state index in [9.17, 15) is 4.79 Å². The quantitative estimate of drug-likeness (QED) is 0.284. The second kappa shape index (κ2) is 9.18. The van der Waals surface area contributed by atoms with Crippen LogP contribution in [0.4, 0.5) is 0 Å². The van der Waals surface area contributed by atoms with E-state index >= 15 is 0 Å². The van der Waals surface area contributed by atoms with Crippen molar-refractivity contribution in [2.24, 2.45) is 0 Å². The number of nitrogens with zero attached hydrogens (tertiary/aromatic N) is 2. The Morgan fingerprint density at radius 1 is 1.16 bits per heavy atom. The van der Waals surface area contributed by atoms with Crippen LogP contribution in [0.5, 0.6) is 5.75 Å². The van der Waals surface area contributed by atoms with E-state index in [1.165, 1.54) is 22.9 Å². The Bertz CT molecular complexity index is 1220. The van der Waals surface area contributed by atoms with Gasteiger partial charge in [0.2, 0.25) is 0 Å². The molecule has 0 atom stereocenters. The summed E-state index contributed by atoms with van der Waals surface area (Å²) in [6.45, 7) is 7.97. The third-order valence-corrected chi connectivity index (χ3v) is 7.30. The Hall–Kier alpha value is -2.09. The topological polar surface area (TPSA) is 34.5 Å². The van der Waals surface area contributed by atoms with Gasteiger partial charge in [0.25, 0.3) is 5.91 Å². The van der Waals surface area contributed by atoms with E-state index in [0.717, 1.165) is 26.7 Å². The van der Waals surface area contributed by atoms with Crippen LogP contribution in [-0.4, -0.2) is 32.8 Å². The summed E-state index contributed by atoms with van der Waals surface area (Å²) < 4.78 is 9.79. The molecule has 0 aliphatic carbocycles. The van der Waals surface area contributed by atoms with Crippen molar-refractivity contribution in [2.45, 2.75) is 27.3 Å². The summed E-state index contributed by atoms with van der Waals surface area (Å²) in [6.07, 6.45) is 4.03. The molecule has 2 aromatic carbocycles. The van der Waals surface area contributed by atoms with E-state index in [2.05, 4.69) is 64.8 Å². The van der Waals surface area contributed by atoms with Gasteiger partial charge in [-0.2, -0.15) is 0 Å². The van der Waals surface area contributed by atoms with Crippen LogP contribution in [-0.2, 0) is 11.3 Å². The second-order valence-corrected chi connectivity index (χ2v) is 10.1. The number of thiocarbonyl (C=S) groups is 1. The molecule has 1 saturated heterocycles. The summed E-state index contributed by atoms with van der Waals surface area (Å²) in [7, 11) is 0. The Morgan fingerprint density at radius 3 is 2.68 bits per heavy atom. The smallest absolute Gasteiger partial charge is 0.266 e. The number of likely N-dealkylation sites (N-methyl/N-ethyl adjacent to an activating group) is 1. The molecule has 7 heteroatoms. The largest absolute Gasteiger partial charge is 0.492 e. The fourth-order valence-electron chi connectivity index (χ4n) is 3.58. The van der Waals surface area contributed by atoms with E-state index in [1.54, 1.807) is 4.90 Å². The molecule has 0 radical (unpaired) electrons. The molecular weight excluding hydrogens is 492 g/mol. The number of ether oxygens (including phenoxy) is 1. The van der Waals surface area contributed by atoms with Crippen LogP contribution in [0.3, 0.4) is 0 Å². The van der Waals surface area contributed by atoms with E-state index in [4.69, 9.17) is 17.0 Å². The number of benzene rings is 2. The van der Waals surface area contributed by atoms with Gasteiger partial charge in [-0.1, -0.05) is 46.0 Å². The summed E-state index contributed by atoms with van der Waals surface area (Å²) in [5.41, 5.74) is 4.58. The lowest BCUT2D eigenvalue weighted by Crippen LogP contribution is -2.27. The highest BCUT2D eigenvalue weighted by molar-refractivity contribution is 9.10. The average Bonchev–Trinajstić information content (AvgIpc) is 3.20. The third-order valence-electron chi connectivity index (χ3n) is 5.43. The predicted octanol–water partition coefficient (Wildman–Crippen LogP) is 6.32. The first kappa shape index (κ1) is 22.1. The molecule has 1 aromatic heterocycles. The maximum atomic E-state index is 12.7. The van der Waals surface area contributed by atoms with Crippen LogP contribution in [0.2, 0.25) is 0 Å². The van der Waals surface area contributed by atoms with Gasteiger partial charge in [-0.05, 0) is 68.3 Å². The molecular formula is C24H23BrN2O2S2. The molecule has 0 spiro atoms. The van der Waals surface area contributed by atoms with Crippen LogP contribution in [0.15, 0.2) is 52.0 Å². The zero-order chi connectivity index (χ0) is 22.1. The number of thioether (sulfide) groups is 1. The number of amides is 1. The molecule has 4 nitrogen and oxygen atoms in total. The summed E-state index contributed by atoms with van der Waals surface area (Å²) in [5, 5.41) is 1.09. The fraction of sp³-hybridized carbons (Fsp3) is 0.250. The monoisotopic (exact) mass is 514 g/mol. The van der Waals surface area contributed by atoms with Crippen molar-refractivity contribution in [3.63, 3.8) is 0 Å². The van der Waals surface area contributed by atoms with Crippen molar-refractivity contribution < 1.29 is 9.53 Å². The van der Waals surface area contributed by atoms with Gasteiger partial charge in [0, 0.05) is 33.7 Å². The van der Waals surface area contributed by atoms with Gasteiger partial charge in [-0.15, -0.1) is 0 Å². The minimum absolute atomic E-state index is 0.0218. The maximum Gasteiger partial charge on any atom is 0.266 e. The average molecular weight is 515 g/mol. The molecule has 31 heavy (non-hydrogen) atoms. The first-order valence-electron chi connectivity index (χ1n) is 10.1. The van der Waals surface area contributed by atoms with Gasteiger partial charge >= 0.3 is 0 Å². The number of carbonyl (C=O) groups excluding carboxylic acids is 1. The van der Waals surface area contributed by atoms with E-state index < -0.39 is 0 Å². The minimum atomic E-state index is -0.0218. The number of rotatable bonds is 6. The van der Waals surface area contributed by atoms with Gasteiger partial charge in [-0.3, -0.25) is 9.69 Å². The summed E-state index contributed by atoms with van der Waals surface area (Å²) in [4.78, 5) is 15.0. The maximum absolute atomic E-state index is 12.7. The van der Waals surface area contributed by atoms with Crippen LogP contribution < -0.4 is 4.74 Å². The molecule has 0 unspecified atom stereocenters. The molecule has 0 N–H and O–H groups in total. The molecule has 0 saturated carbocycles. The van der Waals surface area contributed by atoms with Gasteiger partial charge in [0.15, 0.2) is 0 Å². The molecule has 1 aliphatic rings. The number of aryl methyl sites for hydroxylation is 2. The number of halogens is 1. The van der Waals surface area contributed by atoms with Crippen molar-refractivity contribution in [1.82, 2.24) is 9.47 Å². The lowest BCUT2D eigenvalue weighted by atomic mass is 10.1. The van der Waals surface area contributed by atoms with Crippen LogP contribution >= 0.6 is 39.9 Å². The first-order chi connectivity index (χ1) is 14.9. The highest BCUT2D eigenvalue weighted by Crippen LogP contribution is 2.34. The number of hydrogen-bond acceptors (Lipinski definition) is 4. The Labute approximate surface area is 200 Å². The minimum Gasteiger partial charge on any atom is -0.492 e. The molecule has 0 bridgehead atoms. The Morgan fingerprint density at radius 2 is 1.97 bits per heavy atom. The summed E-state index contributed by atoms with van der Waals surface area (Å²) in [6, 6.07) is 12.4. The van der Waals surface area contributed by atoms with Crippen molar-refractivity contribution >= 4 is 67.1 Å². The van der Waals surface area contributed by atoms with Gasteiger partial charge < -0.3 is 9.30 Å². The molecule has 1 fully saturated rings. The SMILES string of the molecule is CCN1C(=O)/C(=C/c2cn(CCOc3ccc(C)c(C)c3)c3ccc(Br)cc23)SC1=S. The van der Waals surface area contributed by atoms with Crippen molar-refractivity contribution in [3.05, 3.63) is 68.7 Å². The van der Waals surface area contributed by atoms with E-state index in [-0.39, 0.29) is 5.91 Å². The molecule has 3 aromatic rings. The lowest BCUT2D eigenvalue weighted by Gasteiger charge is -2.10. The summed E-state index contributed by atoms with van der Waals surface area (Å²) >= 11 is 10.3. The van der Waals surface area contributed by atoms with Crippen molar-refractivity contribution in [1.29, 1.82) is 0 Å². The highest BCUT2D eigenvalue weighted by atomic mass is 79.9. The number of aromatic nitrogens is 1. The Kier molecular flexibility index (Phi) is 6.55. The molecule has 160 valence electrons. The van der Waals surface area contributed by atoms with Crippen LogP contribution in [0.25, 0.3) is 17.0 Å². The number of fused-ring (bicyclic) bond motifs is 1. The Balaban J connectivity index is 1.60. The van der Waals surface area contributed by atoms with Crippen molar-refractivity contribution in [2.75, 3.05) is 13.2 Å². The van der Waals surface area contributed by atoms with E-state index in [1.807, 2.05) is 25.1 Å². The fourth-order valence-corrected chi connectivity index (χ4v) is 5.31. The molecule has 2 heterocycles. The number of carbonyl (C=O) groups is 1. The lowest BCUT2D eigenvalue weighted by molar-refractivity contribution is -0.121. The van der Waals surface area contributed by atoms with Crippen LogP contribution in [0.1, 0.15) is 23.6 Å². The van der Waals surface area contributed by atoms with E-state index in [0.29, 0.717) is 28.9 Å². The first-order valence-corrected chi connectivity index (χ1v) is 12.1. The molecule has 1 aliphatic heterocycles. The second-order valence-electron chi connectivity index (χ2n) is 7.46. The van der Waals surface area contributed by atoms with Crippen LogP contribution in [0, 0.1) is 13.8 Å². The predicted molar refractivity (Wildman–Crippen MR) is 137 cm³/mol. The number of hydrogen-bond donors (Lipinski definition) is 0. The zero-order valence-electron chi connectivity index (χ0n) is 17.6. The van der Waals surface area contributed by atoms with Gasteiger partial charge in [0.1, 0.15) is 16.7 Å².